The third-order valence-electron chi connectivity index (χ3n) is 3.16. The van der Waals surface area contributed by atoms with Crippen LogP contribution in [0.2, 0.25) is 0 Å². The van der Waals surface area contributed by atoms with Gasteiger partial charge in [-0.25, -0.2) is 8.42 Å². The third-order valence-corrected chi connectivity index (χ3v) is 5.29. The van der Waals surface area contributed by atoms with E-state index < -0.39 is 10.0 Å². The van der Waals surface area contributed by atoms with E-state index in [-0.39, 0.29) is 18.0 Å². The van der Waals surface area contributed by atoms with Crippen molar-refractivity contribution in [3.8, 4) is 0 Å². The van der Waals surface area contributed by atoms with Crippen LogP contribution < -0.4 is 5.73 Å². The average molecular weight is 272 g/mol. The van der Waals surface area contributed by atoms with E-state index in [1.807, 2.05) is 6.92 Å². The van der Waals surface area contributed by atoms with Gasteiger partial charge in [-0.1, -0.05) is 0 Å². The van der Waals surface area contributed by atoms with E-state index in [2.05, 4.69) is 0 Å². The van der Waals surface area contributed by atoms with Gasteiger partial charge in [-0.05, 0) is 43.5 Å². The van der Waals surface area contributed by atoms with E-state index in [9.17, 15) is 8.42 Å². The summed E-state index contributed by atoms with van der Waals surface area (Å²) in [6, 6.07) is 1.77. The molecule has 0 spiro atoms. The first-order valence-corrected chi connectivity index (χ1v) is 7.11. The number of sulfonamides is 1. The predicted molar refractivity (Wildman–Crippen MR) is 72.0 cm³/mol. The minimum atomic E-state index is -3.61. The number of aliphatic hydroxyl groups is 1. The zero-order valence-corrected chi connectivity index (χ0v) is 12.0. The van der Waals surface area contributed by atoms with Crippen LogP contribution in [0, 0.1) is 20.8 Å². The number of nitrogens with zero attached hydrogens (tertiary/aromatic N) is 1. The van der Waals surface area contributed by atoms with Crippen LogP contribution >= 0.6 is 0 Å². The van der Waals surface area contributed by atoms with E-state index in [4.69, 9.17) is 10.8 Å². The summed E-state index contributed by atoms with van der Waals surface area (Å²) < 4.78 is 26.0. The number of rotatable bonds is 4. The molecule has 0 bridgehead atoms. The third kappa shape index (κ3) is 2.50. The summed E-state index contributed by atoms with van der Waals surface area (Å²) in [5.41, 5.74) is 8.40. The number of hydrogen-bond acceptors (Lipinski definition) is 4. The van der Waals surface area contributed by atoms with Crippen molar-refractivity contribution in [2.75, 3.05) is 25.9 Å². The number of likely N-dealkylation sites (N-methyl/N-ethyl adjacent to an activating group) is 1. The Balaban J connectivity index is 3.51. The van der Waals surface area contributed by atoms with Crippen LogP contribution in [0.15, 0.2) is 11.0 Å². The topological polar surface area (TPSA) is 83.6 Å². The normalized spacial score (nSPS) is 12.1. The standard InChI is InChI=1S/C12H20N2O3S/c1-8-7-11(13)10(3)12(9(8)2)18(16,17)14(4)5-6-15/h7,15H,5-6,13H2,1-4H3. The van der Waals surface area contributed by atoms with Gasteiger partial charge >= 0.3 is 0 Å². The number of aliphatic hydroxyl groups excluding tert-OH is 1. The highest BCUT2D eigenvalue weighted by Crippen LogP contribution is 2.29. The van der Waals surface area contributed by atoms with Crippen molar-refractivity contribution in [2.45, 2.75) is 25.7 Å². The second-order valence-corrected chi connectivity index (χ2v) is 6.39. The van der Waals surface area contributed by atoms with Crippen molar-refractivity contribution in [3.63, 3.8) is 0 Å². The zero-order chi connectivity index (χ0) is 14.1. The minimum Gasteiger partial charge on any atom is -0.398 e. The Labute approximate surface area is 108 Å². The SMILES string of the molecule is Cc1cc(N)c(C)c(S(=O)(=O)N(C)CCO)c1C. The van der Waals surface area contributed by atoms with Gasteiger partial charge in [-0.3, -0.25) is 0 Å². The molecular formula is C12H20N2O3S. The average Bonchev–Trinajstić information content (AvgIpc) is 2.26. The van der Waals surface area contributed by atoms with Crippen molar-refractivity contribution in [2.24, 2.45) is 0 Å². The van der Waals surface area contributed by atoms with Crippen LogP contribution in [0.4, 0.5) is 5.69 Å². The number of benzene rings is 1. The highest BCUT2D eigenvalue weighted by molar-refractivity contribution is 7.89. The van der Waals surface area contributed by atoms with E-state index in [0.29, 0.717) is 16.8 Å². The molecule has 18 heavy (non-hydrogen) atoms. The van der Waals surface area contributed by atoms with Crippen LogP contribution in [0.5, 0.6) is 0 Å². The number of anilines is 1. The number of nitrogen functional groups attached to an aromatic ring is 1. The summed E-state index contributed by atoms with van der Waals surface area (Å²) in [5.74, 6) is 0. The van der Waals surface area contributed by atoms with Gasteiger partial charge in [0, 0.05) is 19.3 Å². The molecule has 3 N–H and O–H groups in total. The number of nitrogens with two attached hydrogens (primary N) is 1. The Morgan fingerprint density at radius 2 is 1.83 bits per heavy atom. The van der Waals surface area contributed by atoms with Gasteiger partial charge in [-0.15, -0.1) is 0 Å². The van der Waals surface area contributed by atoms with Crippen LogP contribution in [0.3, 0.4) is 0 Å². The summed E-state index contributed by atoms with van der Waals surface area (Å²) in [6.07, 6.45) is 0. The summed E-state index contributed by atoms with van der Waals surface area (Å²) in [6.45, 7) is 5.14. The fourth-order valence-corrected chi connectivity index (χ4v) is 3.53. The van der Waals surface area contributed by atoms with Gasteiger partial charge in [0.1, 0.15) is 0 Å². The molecule has 0 atom stereocenters. The van der Waals surface area contributed by atoms with Gasteiger partial charge in [0.15, 0.2) is 0 Å². The Bertz CT molecular complexity index is 527. The van der Waals surface area contributed by atoms with Gasteiger partial charge < -0.3 is 10.8 Å². The molecule has 0 aliphatic carbocycles. The molecule has 0 radical (unpaired) electrons. The van der Waals surface area contributed by atoms with Crippen LogP contribution in [0.1, 0.15) is 16.7 Å². The summed E-state index contributed by atoms with van der Waals surface area (Å²) in [5, 5.41) is 8.86. The van der Waals surface area contributed by atoms with E-state index in [1.165, 1.54) is 7.05 Å². The maximum atomic E-state index is 12.4. The fraction of sp³-hybridized carbons (Fsp3) is 0.500. The van der Waals surface area contributed by atoms with Gasteiger partial charge in [0.05, 0.1) is 11.5 Å². The molecule has 1 aromatic carbocycles. The van der Waals surface area contributed by atoms with Crippen molar-refractivity contribution >= 4 is 15.7 Å². The van der Waals surface area contributed by atoms with E-state index in [1.54, 1.807) is 19.9 Å². The molecule has 5 nitrogen and oxygen atoms in total. The van der Waals surface area contributed by atoms with Crippen LogP contribution in [0.25, 0.3) is 0 Å². The maximum Gasteiger partial charge on any atom is 0.243 e. The molecule has 0 heterocycles. The highest BCUT2D eigenvalue weighted by atomic mass is 32.2. The number of hydrogen-bond donors (Lipinski definition) is 2. The first-order valence-electron chi connectivity index (χ1n) is 5.67. The molecule has 0 unspecified atom stereocenters. The molecule has 0 saturated carbocycles. The molecular weight excluding hydrogens is 252 g/mol. The largest absolute Gasteiger partial charge is 0.398 e. The Morgan fingerprint density at radius 1 is 1.28 bits per heavy atom. The highest BCUT2D eigenvalue weighted by Gasteiger charge is 2.26. The molecule has 0 aromatic heterocycles. The van der Waals surface area contributed by atoms with Crippen molar-refractivity contribution < 1.29 is 13.5 Å². The molecule has 0 amide bonds. The van der Waals surface area contributed by atoms with Crippen LogP contribution in [-0.4, -0.2) is 38.0 Å². The van der Waals surface area contributed by atoms with Gasteiger partial charge in [0.25, 0.3) is 0 Å². The molecule has 1 aromatic rings. The fourth-order valence-electron chi connectivity index (χ4n) is 1.84. The van der Waals surface area contributed by atoms with Crippen molar-refractivity contribution in [3.05, 3.63) is 22.8 Å². The molecule has 0 aliphatic rings. The zero-order valence-electron chi connectivity index (χ0n) is 11.2. The van der Waals surface area contributed by atoms with E-state index in [0.717, 1.165) is 9.87 Å². The first kappa shape index (κ1) is 14.9. The molecule has 1 rings (SSSR count). The van der Waals surface area contributed by atoms with Crippen molar-refractivity contribution in [1.29, 1.82) is 0 Å². The van der Waals surface area contributed by atoms with Crippen molar-refractivity contribution in [1.82, 2.24) is 4.31 Å². The maximum absolute atomic E-state index is 12.4. The van der Waals surface area contributed by atoms with E-state index >= 15 is 0 Å². The molecule has 102 valence electrons. The quantitative estimate of drug-likeness (QED) is 0.794. The molecule has 6 heteroatoms. The lowest BCUT2D eigenvalue weighted by Crippen LogP contribution is -2.31. The lowest BCUT2D eigenvalue weighted by atomic mass is 10.1. The molecule has 0 fully saturated rings. The predicted octanol–water partition coefficient (Wildman–Crippen LogP) is 0.807. The monoisotopic (exact) mass is 272 g/mol. The minimum absolute atomic E-state index is 0.0645. The van der Waals surface area contributed by atoms with Gasteiger partial charge in [-0.2, -0.15) is 4.31 Å². The molecule has 0 saturated heterocycles. The Kier molecular flexibility index (Phi) is 4.37. The Morgan fingerprint density at radius 3 is 2.33 bits per heavy atom. The summed E-state index contributed by atoms with van der Waals surface area (Å²) in [4.78, 5) is 0.246. The summed E-state index contributed by atoms with van der Waals surface area (Å²) >= 11 is 0. The lowest BCUT2D eigenvalue weighted by Gasteiger charge is -2.21. The number of aryl methyl sites for hydroxylation is 1. The summed E-state index contributed by atoms with van der Waals surface area (Å²) in [7, 11) is -2.17. The first-order chi connectivity index (χ1) is 8.23. The smallest absolute Gasteiger partial charge is 0.243 e. The molecule has 0 aliphatic heterocycles. The Hall–Kier alpha value is -1.11. The second-order valence-electron chi connectivity index (χ2n) is 4.41. The second kappa shape index (κ2) is 5.26. The van der Waals surface area contributed by atoms with Gasteiger partial charge in [0.2, 0.25) is 10.0 Å². The lowest BCUT2D eigenvalue weighted by molar-refractivity contribution is 0.266. The van der Waals surface area contributed by atoms with Crippen LogP contribution in [-0.2, 0) is 10.0 Å².